The van der Waals surface area contributed by atoms with E-state index >= 15 is 0 Å². The number of morpholine rings is 1. The minimum absolute atomic E-state index is 0.110. The number of benzene rings is 1. The number of aromatic nitrogens is 2. The van der Waals surface area contributed by atoms with E-state index < -0.39 is 0 Å². The number of urea groups is 1. The molecule has 0 bridgehead atoms. The second-order valence-corrected chi connectivity index (χ2v) is 7.51. The summed E-state index contributed by atoms with van der Waals surface area (Å²) in [6.45, 7) is 4.34. The Morgan fingerprint density at radius 1 is 1.19 bits per heavy atom. The van der Waals surface area contributed by atoms with Gasteiger partial charge in [0.15, 0.2) is 0 Å². The van der Waals surface area contributed by atoms with Crippen molar-refractivity contribution in [2.24, 2.45) is 0 Å². The fraction of sp³-hybridized carbons (Fsp3) is 0.526. The first-order chi connectivity index (χ1) is 13.1. The van der Waals surface area contributed by atoms with Crippen LogP contribution in [0.5, 0.6) is 0 Å². The van der Waals surface area contributed by atoms with Gasteiger partial charge in [-0.05, 0) is 31.0 Å². The molecule has 0 aliphatic carbocycles. The first-order valence-electron chi connectivity index (χ1n) is 9.38. The Bertz CT molecular complexity index is 819. The van der Waals surface area contributed by atoms with Gasteiger partial charge in [-0.1, -0.05) is 11.6 Å². The monoisotopic (exact) mass is 389 g/mol. The number of ether oxygens (including phenoxy) is 1. The number of amides is 2. The Labute approximate surface area is 163 Å². The maximum absolute atomic E-state index is 12.7. The van der Waals surface area contributed by atoms with Crippen molar-refractivity contribution < 1.29 is 9.53 Å². The second-order valence-electron chi connectivity index (χ2n) is 7.07. The fourth-order valence-corrected chi connectivity index (χ4v) is 3.91. The molecule has 0 atom stereocenters. The summed E-state index contributed by atoms with van der Waals surface area (Å²) in [6, 6.07) is 5.92. The Morgan fingerprint density at radius 3 is 2.67 bits per heavy atom. The average molecular weight is 390 g/mol. The largest absolute Gasteiger partial charge is 0.378 e. The first-order valence-corrected chi connectivity index (χ1v) is 9.76. The van der Waals surface area contributed by atoms with Crippen LogP contribution >= 0.6 is 11.6 Å². The molecule has 2 aliphatic rings. The number of rotatable bonds is 2. The predicted octanol–water partition coefficient (Wildman–Crippen LogP) is 2.64. The van der Waals surface area contributed by atoms with Crippen LogP contribution in [0.4, 0.5) is 10.6 Å². The maximum Gasteiger partial charge on any atom is 0.320 e. The third-order valence-electron chi connectivity index (χ3n) is 5.41. The van der Waals surface area contributed by atoms with Gasteiger partial charge in [0.2, 0.25) is 0 Å². The van der Waals surface area contributed by atoms with Crippen LogP contribution in [-0.2, 0) is 4.74 Å². The van der Waals surface area contributed by atoms with Crippen LogP contribution in [-0.4, -0.2) is 78.3 Å². The van der Waals surface area contributed by atoms with E-state index in [0.29, 0.717) is 31.3 Å². The van der Waals surface area contributed by atoms with E-state index in [9.17, 15) is 4.79 Å². The summed E-state index contributed by atoms with van der Waals surface area (Å²) in [6.07, 6.45) is 3.65. The molecule has 1 aromatic heterocycles. The number of carbonyl (C=O) groups excluding carboxylic acids is 1. The molecule has 8 heteroatoms. The third-order valence-corrected chi connectivity index (χ3v) is 5.65. The summed E-state index contributed by atoms with van der Waals surface area (Å²) in [5.74, 6) is 0.880. The van der Waals surface area contributed by atoms with Crippen molar-refractivity contribution in [3.05, 3.63) is 29.4 Å². The molecule has 0 radical (unpaired) electrons. The Hall–Kier alpha value is -2.12. The lowest BCUT2D eigenvalue weighted by Gasteiger charge is -2.39. The molecule has 2 fully saturated rings. The van der Waals surface area contributed by atoms with Crippen molar-refractivity contribution in [3.8, 4) is 0 Å². The van der Waals surface area contributed by atoms with Crippen LogP contribution in [0.2, 0.25) is 5.02 Å². The molecule has 0 spiro atoms. The molecule has 2 aliphatic heterocycles. The topological polar surface area (TPSA) is 61.8 Å². The number of piperidine rings is 1. The molecule has 0 unspecified atom stereocenters. The Morgan fingerprint density at radius 2 is 1.93 bits per heavy atom. The predicted molar refractivity (Wildman–Crippen MR) is 105 cm³/mol. The molecule has 0 N–H and O–H groups in total. The summed E-state index contributed by atoms with van der Waals surface area (Å²) >= 11 is 6.01. The van der Waals surface area contributed by atoms with Crippen molar-refractivity contribution in [2.75, 3.05) is 51.3 Å². The van der Waals surface area contributed by atoms with Crippen LogP contribution in [0, 0.1) is 0 Å². The zero-order valence-electron chi connectivity index (χ0n) is 15.5. The number of carbonyl (C=O) groups is 1. The Balaban J connectivity index is 1.38. The van der Waals surface area contributed by atoms with Crippen LogP contribution in [0.3, 0.4) is 0 Å². The Kier molecular flexibility index (Phi) is 5.31. The quantitative estimate of drug-likeness (QED) is 0.790. The molecular formula is C19H24ClN5O2. The molecule has 3 heterocycles. The van der Waals surface area contributed by atoms with E-state index in [1.807, 2.05) is 41.2 Å². The third kappa shape index (κ3) is 3.94. The van der Waals surface area contributed by atoms with Gasteiger partial charge in [-0.3, -0.25) is 4.98 Å². The zero-order valence-corrected chi connectivity index (χ0v) is 16.2. The number of fused-ring (bicyclic) bond motifs is 1. The van der Waals surface area contributed by atoms with Crippen molar-refractivity contribution in [1.82, 2.24) is 19.8 Å². The standard InChI is InChI=1S/C19H24ClN5O2/c1-23(19(26)25-8-10-27-11-9-25)15-4-6-24(7-5-15)18-13-21-17-12-14(20)2-3-16(17)22-18/h2-3,12-13,15H,4-11H2,1H3. The minimum atomic E-state index is 0.110. The summed E-state index contributed by atoms with van der Waals surface area (Å²) < 4.78 is 5.34. The SMILES string of the molecule is CN(C(=O)N1CCOCC1)C1CCN(c2cnc3cc(Cl)ccc3n2)CC1. The van der Waals surface area contributed by atoms with Gasteiger partial charge in [-0.2, -0.15) is 0 Å². The highest BCUT2D eigenvalue weighted by molar-refractivity contribution is 6.31. The molecular weight excluding hydrogens is 366 g/mol. The highest BCUT2D eigenvalue weighted by Gasteiger charge is 2.29. The van der Waals surface area contributed by atoms with Crippen LogP contribution in [0.1, 0.15) is 12.8 Å². The number of halogens is 1. The van der Waals surface area contributed by atoms with E-state index in [1.54, 1.807) is 0 Å². The average Bonchev–Trinajstić information content (AvgIpc) is 2.73. The highest BCUT2D eigenvalue weighted by Crippen LogP contribution is 2.23. The lowest BCUT2D eigenvalue weighted by molar-refractivity contribution is 0.0409. The molecule has 27 heavy (non-hydrogen) atoms. The molecule has 7 nitrogen and oxygen atoms in total. The molecule has 144 valence electrons. The smallest absolute Gasteiger partial charge is 0.320 e. The van der Waals surface area contributed by atoms with Crippen molar-refractivity contribution in [1.29, 1.82) is 0 Å². The van der Waals surface area contributed by atoms with Gasteiger partial charge >= 0.3 is 6.03 Å². The second kappa shape index (κ2) is 7.86. The van der Waals surface area contributed by atoms with Gasteiger partial charge in [0.25, 0.3) is 0 Å². The van der Waals surface area contributed by atoms with Crippen molar-refractivity contribution in [3.63, 3.8) is 0 Å². The van der Waals surface area contributed by atoms with Crippen LogP contribution in [0.15, 0.2) is 24.4 Å². The van der Waals surface area contributed by atoms with Gasteiger partial charge in [0.05, 0.1) is 30.4 Å². The molecule has 2 aromatic rings. The van der Waals surface area contributed by atoms with E-state index in [4.69, 9.17) is 21.3 Å². The van der Waals surface area contributed by atoms with Crippen molar-refractivity contribution in [2.45, 2.75) is 18.9 Å². The van der Waals surface area contributed by atoms with Gasteiger partial charge < -0.3 is 19.4 Å². The van der Waals surface area contributed by atoms with Crippen LogP contribution in [0.25, 0.3) is 11.0 Å². The van der Waals surface area contributed by atoms with E-state index in [1.165, 1.54) is 0 Å². The summed E-state index contributed by atoms with van der Waals surface area (Å²) in [5, 5.41) is 0.665. The molecule has 2 amide bonds. The fourth-order valence-electron chi connectivity index (χ4n) is 3.74. The van der Waals surface area contributed by atoms with Gasteiger partial charge in [-0.25, -0.2) is 9.78 Å². The summed E-state index contributed by atoms with van der Waals surface area (Å²) in [7, 11) is 1.91. The van der Waals surface area contributed by atoms with E-state index in [-0.39, 0.29) is 12.1 Å². The summed E-state index contributed by atoms with van der Waals surface area (Å²) in [4.78, 5) is 27.9. The lowest BCUT2D eigenvalue weighted by Crippen LogP contribution is -2.52. The maximum atomic E-state index is 12.7. The minimum Gasteiger partial charge on any atom is -0.378 e. The number of anilines is 1. The number of hydrogen-bond donors (Lipinski definition) is 0. The van der Waals surface area contributed by atoms with Crippen molar-refractivity contribution >= 4 is 34.5 Å². The molecule has 2 saturated heterocycles. The summed E-state index contributed by atoms with van der Waals surface area (Å²) in [5.41, 5.74) is 1.65. The molecule has 1 aromatic carbocycles. The zero-order chi connectivity index (χ0) is 18.8. The molecule has 0 saturated carbocycles. The van der Waals surface area contributed by atoms with E-state index in [0.717, 1.165) is 42.8 Å². The lowest BCUT2D eigenvalue weighted by atomic mass is 10.0. The molecule has 4 rings (SSSR count). The normalized spacial score (nSPS) is 18.7. The first kappa shape index (κ1) is 18.3. The number of hydrogen-bond acceptors (Lipinski definition) is 5. The van der Waals surface area contributed by atoms with E-state index in [2.05, 4.69) is 9.88 Å². The van der Waals surface area contributed by atoms with Gasteiger partial charge in [0, 0.05) is 44.3 Å². The highest BCUT2D eigenvalue weighted by atomic mass is 35.5. The van der Waals surface area contributed by atoms with Gasteiger partial charge in [0.1, 0.15) is 5.82 Å². The van der Waals surface area contributed by atoms with Crippen LogP contribution < -0.4 is 4.90 Å². The number of nitrogens with zero attached hydrogens (tertiary/aromatic N) is 5. The van der Waals surface area contributed by atoms with Gasteiger partial charge in [-0.15, -0.1) is 0 Å².